The zero-order valence-corrected chi connectivity index (χ0v) is 9.98. The zero-order valence-electron chi connectivity index (χ0n) is 9.98. The molecule has 1 aromatic rings. The Balaban J connectivity index is 1.64. The third-order valence-corrected chi connectivity index (χ3v) is 3.34. The largest absolute Gasteiger partial charge is 0.387 e. The van der Waals surface area contributed by atoms with Crippen LogP contribution in [0.15, 0.2) is 35.5 Å². The molecule has 18 heavy (non-hydrogen) atoms. The Hall–Kier alpha value is -1.88. The Labute approximate surface area is 105 Å². The van der Waals surface area contributed by atoms with Crippen molar-refractivity contribution in [2.24, 2.45) is 5.16 Å². The van der Waals surface area contributed by atoms with Gasteiger partial charge in [-0.25, -0.2) is 0 Å². The molecule has 2 N–H and O–H groups in total. The summed E-state index contributed by atoms with van der Waals surface area (Å²) in [5, 5.41) is 9.99. The second-order valence-electron chi connectivity index (χ2n) is 4.74. The van der Waals surface area contributed by atoms with Crippen LogP contribution in [0, 0.1) is 0 Å². The number of carbonyl (C=O) groups excluding carboxylic acids is 1. The van der Waals surface area contributed by atoms with E-state index in [4.69, 9.17) is 4.84 Å². The summed E-state index contributed by atoms with van der Waals surface area (Å²) in [7, 11) is 0. The van der Waals surface area contributed by atoms with Gasteiger partial charge in [0.25, 0.3) is 5.91 Å². The third kappa shape index (κ3) is 2.09. The van der Waals surface area contributed by atoms with E-state index in [1.165, 1.54) is 0 Å². The molecule has 2 heterocycles. The van der Waals surface area contributed by atoms with Crippen LogP contribution in [0.4, 0.5) is 5.69 Å². The fraction of sp³-hybridized carbons (Fsp3) is 0.385. The number of benzene rings is 1. The average molecular weight is 245 g/mol. The van der Waals surface area contributed by atoms with Crippen LogP contribution >= 0.6 is 0 Å². The number of para-hydroxylation sites is 1. The number of anilines is 1. The van der Waals surface area contributed by atoms with E-state index in [1.807, 2.05) is 30.3 Å². The molecule has 3 rings (SSSR count). The predicted molar refractivity (Wildman–Crippen MR) is 68.4 cm³/mol. The van der Waals surface area contributed by atoms with E-state index >= 15 is 0 Å². The zero-order chi connectivity index (χ0) is 12.4. The first-order chi connectivity index (χ1) is 8.77. The minimum absolute atomic E-state index is 0.176. The van der Waals surface area contributed by atoms with Crippen molar-refractivity contribution in [3.63, 3.8) is 0 Å². The molecule has 1 atom stereocenters. The van der Waals surface area contributed by atoms with E-state index in [0.717, 1.165) is 25.2 Å². The first-order valence-electron chi connectivity index (χ1n) is 6.10. The van der Waals surface area contributed by atoms with Crippen LogP contribution in [0.5, 0.6) is 0 Å². The van der Waals surface area contributed by atoms with Crippen LogP contribution < -0.4 is 10.6 Å². The monoisotopic (exact) mass is 245 g/mol. The van der Waals surface area contributed by atoms with Crippen LogP contribution in [0.2, 0.25) is 0 Å². The molecule has 5 heteroatoms. The van der Waals surface area contributed by atoms with Crippen molar-refractivity contribution in [1.29, 1.82) is 0 Å². The highest BCUT2D eigenvalue weighted by molar-refractivity contribution is 6.43. The van der Waals surface area contributed by atoms with Crippen molar-refractivity contribution in [1.82, 2.24) is 5.32 Å². The molecule has 0 saturated carbocycles. The Morgan fingerprint density at radius 3 is 2.94 bits per heavy atom. The lowest BCUT2D eigenvalue weighted by molar-refractivity contribution is -0.110. The summed E-state index contributed by atoms with van der Waals surface area (Å²) >= 11 is 0. The van der Waals surface area contributed by atoms with E-state index < -0.39 is 0 Å². The molecule has 2 aliphatic rings. The highest BCUT2D eigenvalue weighted by Crippen LogP contribution is 2.30. The summed E-state index contributed by atoms with van der Waals surface area (Å²) in [6, 6.07) is 9.36. The summed E-state index contributed by atoms with van der Waals surface area (Å²) in [6.07, 6.45) is 1.48. The lowest BCUT2D eigenvalue weighted by Crippen LogP contribution is -2.33. The maximum Gasteiger partial charge on any atom is 0.273 e. The molecule has 1 spiro atoms. The molecule has 0 radical (unpaired) electrons. The summed E-state index contributed by atoms with van der Waals surface area (Å²) in [5.74, 6) is -0.176. The summed E-state index contributed by atoms with van der Waals surface area (Å²) in [4.78, 5) is 17.4. The number of carbonyl (C=O) groups is 1. The minimum Gasteiger partial charge on any atom is -0.387 e. The molecular weight excluding hydrogens is 230 g/mol. The third-order valence-electron chi connectivity index (χ3n) is 3.34. The lowest BCUT2D eigenvalue weighted by atomic mass is 9.96. The van der Waals surface area contributed by atoms with Crippen molar-refractivity contribution in [3.05, 3.63) is 30.3 Å². The van der Waals surface area contributed by atoms with Gasteiger partial charge in [-0.3, -0.25) is 4.79 Å². The Morgan fingerprint density at radius 1 is 1.39 bits per heavy atom. The van der Waals surface area contributed by atoms with Gasteiger partial charge in [-0.2, -0.15) is 0 Å². The van der Waals surface area contributed by atoms with Crippen molar-refractivity contribution < 1.29 is 9.63 Å². The molecule has 1 fully saturated rings. The van der Waals surface area contributed by atoms with E-state index in [9.17, 15) is 4.79 Å². The van der Waals surface area contributed by atoms with E-state index in [0.29, 0.717) is 12.1 Å². The first-order valence-corrected chi connectivity index (χ1v) is 6.10. The second-order valence-corrected chi connectivity index (χ2v) is 4.74. The van der Waals surface area contributed by atoms with Gasteiger partial charge in [-0.1, -0.05) is 23.4 Å². The smallest absolute Gasteiger partial charge is 0.273 e. The standard InChI is InChI=1S/C13H15N3O2/c17-12(15-10-4-2-1-3-5-10)11-8-13(18-16-11)6-7-14-9-13/h1-5,14H,6-9H2,(H,15,17)/t13-/m1/s1. The van der Waals surface area contributed by atoms with Crippen LogP contribution in [0.1, 0.15) is 12.8 Å². The molecule has 94 valence electrons. The predicted octanol–water partition coefficient (Wildman–Crippen LogP) is 1.13. The van der Waals surface area contributed by atoms with Crippen molar-refractivity contribution >= 4 is 17.3 Å². The van der Waals surface area contributed by atoms with Gasteiger partial charge in [0.2, 0.25) is 0 Å². The molecule has 0 aliphatic carbocycles. The van der Waals surface area contributed by atoms with Gasteiger partial charge in [-0.05, 0) is 18.7 Å². The average Bonchev–Trinajstić information content (AvgIpc) is 3.02. The maximum atomic E-state index is 12.0. The molecule has 1 saturated heterocycles. The van der Waals surface area contributed by atoms with Gasteiger partial charge < -0.3 is 15.5 Å². The molecule has 0 unspecified atom stereocenters. The minimum atomic E-state index is -0.288. The Kier molecular flexibility index (Phi) is 2.76. The highest BCUT2D eigenvalue weighted by atomic mass is 16.7. The highest BCUT2D eigenvalue weighted by Gasteiger charge is 2.43. The lowest BCUT2D eigenvalue weighted by Gasteiger charge is -2.18. The molecular formula is C13H15N3O2. The number of nitrogens with one attached hydrogen (secondary N) is 2. The van der Waals surface area contributed by atoms with Gasteiger partial charge in [0.1, 0.15) is 5.71 Å². The molecule has 0 aromatic heterocycles. The number of nitrogens with zero attached hydrogens (tertiary/aromatic N) is 1. The van der Waals surface area contributed by atoms with Crippen LogP contribution in [-0.2, 0) is 9.63 Å². The van der Waals surface area contributed by atoms with Crippen LogP contribution in [0.3, 0.4) is 0 Å². The van der Waals surface area contributed by atoms with Crippen molar-refractivity contribution in [2.75, 3.05) is 18.4 Å². The van der Waals surface area contributed by atoms with Crippen LogP contribution in [-0.4, -0.2) is 30.3 Å². The normalized spacial score (nSPS) is 25.9. The maximum absolute atomic E-state index is 12.0. The summed E-state index contributed by atoms with van der Waals surface area (Å²) in [5.41, 5.74) is 0.960. The van der Waals surface area contributed by atoms with Gasteiger partial charge in [0.05, 0.1) is 0 Å². The van der Waals surface area contributed by atoms with E-state index in [1.54, 1.807) is 0 Å². The van der Waals surface area contributed by atoms with Gasteiger partial charge in [-0.15, -0.1) is 0 Å². The van der Waals surface area contributed by atoms with Crippen molar-refractivity contribution in [2.45, 2.75) is 18.4 Å². The van der Waals surface area contributed by atoms with Gasteiger partial charge >= 0.3 is 0 Å². The Morgan fingerprint density at radius 2 is 2.22 bits per heavy atom. The molecule has 5 nitrogen and oxygen atoms in total. The molecule has 1 aromatic carbocycles. The molecule has 1 amide bonds. The van der Waals surface area contributed by atoms with Gasteiger partial charge in [0, 0.05) is 25.1 Å². The number of amides is 1. The molecule has 2 aliphatic heterocycles. The fourth-order valence-electron chi connectivity index (χ4n) is 2.32. The quantitative estimate of drug-likeness (QED) is 0.821. The topological polar surface area (TPSA) is 62.7 Å². The van der Waals surface area contributed by atoms with Gasteiger partial charge in [0.15, 0.2) is 5.60 Å². The number of hydrogen-bond donors (Lipinski definition) is 2. The van der Waals surface area contributed by atoms with Crippen molar-refractivity contribution in [3.8, 4) is 0 Å². The second kappa shape index (κ2) is 4.42. The number of oxime groups is 1. The number of hydrogen-bond acceptors (Lipinski definition) is 4. The molecule has 0 bridgehead atoms. The fourth-order valence-corrected chi connectivity index (χ4v) is 2.32. The summed E-state index contributed by atoms with van der Waals surface area (Å²) < 4.78 is 0. The first kappa shape index (κ1) is 11.2. The summed E-state index contributed by atoms with van der Waals surface area (Å²) in [6.45, 7) is 1.68. The Bertz CT molecular complexity index is 478. The van der Waals surface area contributed by atoms with Crippen LogP contribution in [0.25, 0.3) is 0 Å². The SMILES string of the molecule is O=C(Nc1ccccc1)C1=NO[C@]2(CCNC2)C1. The van der Waals surface area contributed by atoms with E-state index in [2.05, 4.69) is 15.8 Å². The van der Waals surface area contributed by atoms with E-state index in [-0.39, 0.29) is 11.5 Å². The number of rotatable bonds is 2.